The van der Waals surface area contributed by atoms with E-state index in [1.165, 1.54) is 23.5 Å². The maximum Gasteiger partial charge on any atom is 0.307 e. The Labute approximate surface area is 198 Å². The first-order valence-electron chi connectivity index (χ1n) is 10.1. The first kappa shape index (κ1) is 24.3. The Balaban J connectivity index is 1.53. The van der Waals surface area contributed by atoms with Gasteiger partial charge in [0.1, 0.15) is 0 Å². The van der Waals surface area contributed by atoms with E-state index in [-0.39, 0.29) is 17.1 Å². The molecule has 32 heavy (non-hydrogen) atoms. The van der Waals surface area contributed by atoms with E-state index < -0.39 is 17.8 Å². The summed E-state index contributed by atoms with van der Waals surface area (Å²) in [5.74, 6) is -1.85. The minimum Gasteiger partial charge on any atom is -0.481 e. The van der Waals surface area contributed by atoms with Crippen molar-refractivity contribution in [1.29, 1.82) is 0 Å². The predicted molar refractivity (Wildman–Crippen MR) is 128 cm³/mol. The van der Waals surface area contributed by atoms with E-state index in [0.29, 0.717) is 28.8 Å². The number of nitrogens with one attached hydrogen (secondary N) is 2. The van der Waals surface area contributed by atoms with Gasteiger partial charge in [-0.15, -0.1) is 11.8 Å². The number of aromatic nitrogens is 2. The summed E-state index contributed by atoms with van der Waals surface area (Å²) >= 11 is 4.07. The summed E-state index contributed by atoms with van der Waals surface area (Å²) in [6.07, 6.45) is 4.43. The van der Waals surface area contributed by atoms with Crippen LogP contribution < -0.4 is 10.6 Å². The first-order chi connectivity index (χ1) is 15.4. The molecule has 3 N–H and O–H groups in total. The van der Waals surface area contributed by atoms with Crippen molar-refractivity contribution < 1.29 is 19.5 Å². The van der Waals surface area contributed by atoms with Crippen LogP contribution >= 0.6 is 35.1 Å². The second kappa shape index (κ2) is 11.5. The van der Waals surface area contributed by atoms with Crippen LogP contribution in [0.5, 0.6) is 0 Å². The third-order valence-corrected chi connectivity index (χ3v) is 7.39. The molecular formula is C21H24N4O4S3. The average molecular weight is 493 g/mol. The van der Waals surface area contributed by atoms with Gasteiger partial charge >= 0.3 is 5.97 Å². The predicted octanol–water partition coefficient (Wildman–Crippen LogP) is 4.37. The smallest absolute Gasteiger partial charge is 0.307 e. The molecule has 8 nitrogen and oxygen atoms in total. The molecule has 1 aliphatic rings. The summed E-state index contributed by atoms with van der Waals surface area (Å²) in [7, 11) is 0. The molecule has 0 spiro atoms. The van der Waals surface area contributed by atoms with Crippen molar-refractivity contribution >= 4 is 63.7 Å². The summed E-state index contributed by atoms with van der Waals surface area (Å²) in [4.78, 5) is 41.6. The summed E-state index contributed by atoms with van der Waals surface area (Å²) in [6, 6.07) is 7.14. The van der Waals surface area contributed by atoms with Crippen LogP contribution in [0.2, 0.25) is 0 Å². The highest BCUT2D eigenvalue weighted by Gasteiger charge is 2.33. The van der Waals surface area contributed by atoms with Gasteiger partial charge in [0.25, 0.3) is 0 Å². The lowest BCUT2D eigenvalue weighted by Gasteiger charge is -2.24. The molecule has 1 aliphatic carbocycles. The molecule has 3 unspecified atom stereocenters. The lowest BCUT2D eigenvalue weighted by molar-refractivity contribution is -0.146. The number of carbonyl (C=O) groups is 3. The summed E-state index contributed by atoms with van der Waals surface area (Å²) in [6.45, 7) is 3.82. The van der Waals surface area contributed by atoms with Crippen molar-refractivity contribution in [1.82, 2.24) is 9.36 Å². The van der Waals surface area contributed by atoms with Crippen molar-refractivity contribution in [2.75, 3.05) is 16.4 Å². The minimum absolute atomic E-state index is 0.165. The minimum atomic E-state index is -0.956. The molecule has 0 aliphatic heterocycles. The van der Waals surface area contributed by atoms with Gasteiger partial charge in [-0.1, -0.05) is 30.8 Å². The number of thioether (sulfide) groups is 2. The molecule has 11 heteroatoms. The molecule has 0 saturated carbocycles. The highest BCUT2D eigenvalue weighted by atomic mass is 32.2. The molecular weight excluding hydrogens is 468 g/mol. The molecule has 0 radical (unpaired) electrons. The zero-order valence-corrected chi connectivity index (χ0v) is 20.1. The van der Waals surface area contributed by atoms with Crippen molar-refractivity contribution in [3.8, 4) is 0 Å². The zero-order chi connectivity index (χ0) is 23.1. The summed E-state index contributed by atoms with van der Waals surface area (Å²) < 4.78 is 4.18. The second-order valence-electron chi connectivity index (χ2n) is 7.07. The fraction of sp³-hybridized carbons (Fsp3) is 0.381. The van der Waals surface area contributed by atoms with Crippen molar-refractivity contribution in [3.05, 3.63) is 36.4 Å². The summed E-state index contributed by atoms with van der Waals surface area (Å²) in [5.41, 5.74) is 0.588. The molecule has 3 atom stereocenters. The van der Waals surface area contributed by atoms with Crippen LogP contribution in [0.15, 0.2) is 46.5 Å². The van der Waals surface area contributed by atoms with Gasteiger partial charge in [0, 0.05) is 22.1 Å². The van der Waals surface area contributed by atoms with Crippen LogP contribution in [-0.2, 0) is 14.4 Å². The van der Waals surface area contributed by atoms with Gasteiger partial charge in [-0.3, -0.25) is 19.7 Å². The Morgan fingerprint density at radius 2 is 1.84 bits per heavy atom. The van der Waals surface area contributed by atoms with Crippen LogP contribution in [-0.4, -0.2) is 43.3 Å². The van der Waals surface area contributed by atoms with E-state index >= 15 is 0 Å². The second-order valence-corrected chi connectivity index (χ2v) is 10.5. The highest BCUT2D eigenvalue weighted by molar-refractivity contribution is 8.00. The van der Waals surface area contributed by atoms with Crippen LogP contribution in [0.3, 0.4) is 0 Å². The van der Waals surface area contributed by atoms with Crippen LogP contribution in [0.1, 0.15) is 26.7 Å². The molecule has 1 aromatic heterocycles. The van der Waals surface area contributed by atoms with E-state index in [2.05, 4.69) is 20.0 Å². The monoisotopic (exact) mass is 492 g/mol. The number of rotatable bonds is 9. The number of carboxylic acid groups (broad SMARTS) is 1. The van der Waals surface area contributed by atoms with Crippen molar-refractivity contribution in [3.63, 3.8) is 0 Å². The first-order valence-corrected chi connectivity index (χ1v) is 12.7. The molecule has 0 saturated heterocycles. The van der Waals surface area contributed by atoms with Gasteiger partial charge in [-0.05, 0) is 49.8 Å². The largest absolute Gasteiger partial charge is 0.481 e. The summed E-state index contributed by atoms with van der Waals surface area (Å²) in [5, 5.41) is 15.7. The molecule has 1 heterocycles. The fourth-order valence-electron chi connectivity index (χ4n) is 3.14. The Morgan fingerprint density at radius 1 is 1.16 bits per heavy atom. The van der Waals surface area contributed by atoms with E-state index in [1.807, 2.05) is 25.1 Å². The van der Waals surface area contributed by atoms with Gasteiger partial charge in [0.2, 0.25) is 22.1 Å². The topological polar surface area (TPSA) is 121 Å². The lowest BCUT2D eigenvalue weighted by Crippen LogP contribution is -2.34. The van der Waals surface area contributed by atoms with Crippen molar-refractivity contribution in [2.45, 2.75) is 42.0 Å². The fourth-order valence-corrected chi connectivity index (χ4v) is 5.28. The van der Waals surface area contributed by atoms with E-state index in [0.717, 1.165) is 22.2 Å². The van der Waals surface area contributed by atoms with Gasteiger partial charge in [0.15, 0.2) is 0 Å². The Bertz CT molecular complexity index is 993. The standard InChI is InChI=1S/C21H24N4O4S3/c1-3-30-21-24-20(32-25-21)23-17(26)12(2)31-14-10-8-13(9-11-14)22-18(27)15-6-4-5-7-16(15)19(28)29/h4-5,8-12,15-16H,3,6-7H2,1-2H3,(H,22,27)(H,28,29)(H,23,24,25,26). The average Bonchev–Trinajstić information content (AvgIpc) is 3.22. The molecule has 0 bridgehead atoms. The van der Waals surface area contributed by atoms with E-state index in [1.54, 1.807) is 25.1 Å². The molecule has 170 valence electrons. The number of hydrogen-bond donors (Lipinski definition) is 3. The van der Waals surface area contributed by atoms with E-state index in [9.17, 15) is 19.5 Å². The number of allylic oxidation sites excluding steroid dienone is 2. The number of aliphatic carboxylic acids is 1. The maximum absolute atomic E-state index is 12.6. The highest BCUT2D eigenvalue weighted by Crippen LogP contribution is 2.29. The number of carboxylic acids is 1. The molecule has 2 amide bonds. The maximum atomic E-state index is 12.6. The van der Waals surface area contributed by atoms with E-state index in [4.69, 9.17) is 0 Å². The van der Waals surface area contributed by atoms with Crippen LogP contribution in [0, 0.1) is 11.8 Å². The molecule has 0 fully saturated rings. The number of hydrogen-bond acceptors (Lipinski definition) is 8. The molecule has 2 aromatic rings. The molecule has 1 aromatic carbocycles. The quantitative estimate of drug-likeness (QED) is 0.348. The Hall–Kier alpha value is -2.37. The van der Waals surface area contributed by atoms with Crippen molar-refractivity contribution in [2.24, 2.45) is 11.8 Å². The number of anilines is 2. The Morgan fingerprint density at radius 3 is 2.50 bits per heavy atom. The van der Waals surface area contributed by atoms with Gasteiger partial charge in [-0.25, -0.2) is 0 Å². The zero-order valence-electron chi connectivity index (χ0n) is 17.6. The molecule has 3 rings (SSSR count). The van der Waals surface area contributed by atoms with Gasteiger partial charge < -0.3 is 10.4 Å². The lowest BCUT2D eigenvalue weighted by atomic mass is 9.82. The third kappa shape index (κ3) is 6.57. The number of nitrogens with zero attached hydrogens (tertiary/aromatic N) is 2. The number of carbonyl (C=O) groups excluding carboxylic acids is 2. The van der Waals surface area contributed by atoms with Crippen LogP contribution in [0.4, 0.5) is 10.8 Å². The third-order valence-electron chi connectivity index (χ3n) is 4.80. The van der Waals surface area contributed by atoms with Gasteiger partial charge in [-0.2, -0.15) is 9.36 Å². The number of amides is 2. The van der Waals surface area contributed by atoms with Gasteiger partial charge in [0.05, 0.1) is 17.1 Å². The number of benzene rings is 1. The Kier molecular flexibility index (Phi) is 8.71. The normalized spacial score (nSPS) is 18.7. The van der Waals surface area contributed by atoms with Crippen LogP contribution in [0.25, 0.3) is 0 Å². The SMILES string of the molecule is CCSc1nsc(NC(=O)C(C)Sc2ccc(NC(=O)C3CC=CCC3C(=O)O)cc2)n1.